The maximum atomic E-state index is 14.7. The molecule has 0 unspecified atom stereocenters. The molecule has 0 spiro atoms. The first-order valence-electron chi connectivity index (χ1n) is 9.33. The van der Waals surface area contributed by atoms with Crippen LogP contribution in [0.1, 0.15) is 18.5 Å². The second-order valence-electron chi connectivity index (χ2n) is 7.03. The summed E-state index contributed by atoms with van der Waals surface area (Å²) in [6.45, 7) is 1.53. The molecule has 2 aromatic heterocycles. The molecule has 1 N–H and O–H groups in total. The van der Waals surface area contributed by atoms with E-state index in [1.807, 2.05) is 0 Å². The molecule has 31 heavy (non-hydrogen) atoms. The topological polar surface area (TPSA) is 78.0 Å². The van der Waals surface area contributed by atoms with Gasteiger partial charge in [-0.3, -0.25) is 4.68 Å². The summed E-state index contributed by atoms with van der Waals surface area (Å²) in [5, 5.41) is 20.5. The highest BCUT2D eigenvalue weighted by Crippen LogP contribution is 2.37. The van der Waals surface area contributed by atoms with Crippen molar-refractivity contribution >= 4 is 11.6 Å². The van der Waals surface area contributed by atoms with Gasteiger partial charge < -0.3 is 9.84 Å². The van der Waals surface area contributed by atoms with Crippen molar-refractivity contribution in [2.45, 2.75) is 25.1 Å². The van der Waals surface area contributed by atoms with Gasteiger partial charge in [-0.15, -0.1) is 0 Å². The molecule has 0 aliphatic heterocycles. The summed E-state index contributed by atoms with van der Waals surface area (Å²) in [5.74, 6) is -0.648. The Hall–Kier alpha value is -3.30. The van der Waals surface area contributed by atoms with E-state index in [0.29, 0.717) is 16.5 Å². The second kappa shape index (κ2) is 8.44. The number of hydrogen-bond donors (Lipinski definition) is 1. The fourth-order valence-electron chi connectivity index (χ4n) is 3.29. The van der Waals surface area contributed by atoms with Gasteiger partial charge in [-0.1, -0.05) is 17.7 Å². The van der Waals surface area contributed by atoms with Gasteiger partial charge in [0.05, 0.1) is 25.0 Å². The zero-order chi connectivity index (χ0) is 22.0. The maximum Gasteiger partial charge on any atom is 0.165 e. The lowest BCUT2D eigenvalue weighted by molar-refractivity contribution is -0.0369. The molecule has 0 aliphatic rings. The van der Waals surface area contributed by atoms with Crippen LogP contribution < -0.4 is 4.74 Å². The van der Waals surface area contributed by atoms with Crippen molar-refractivity contribution in [1.82, 2.24) is 24.5 Å². The maximum absolute atomic E-state index is 14.7. The molecule has 0 amide bonds. The van der Waals surface area contributed by atoms with Crippen LogP contribution in [0.15, 0.2) is 67.5 Å². The average molecular weight is 446 g/mol. The fraction of sp³-hybridized carbons (Fsp3) is 0.190. The van der Waals surface area contributed by atoms with Gasteiger partial charge in [0, 0.05) is 16.7 Å². The first-order chi connectivity index (χ1) is 14.8. The third-order valence-electron chi connectivity index (χ3n) is 4.98. The molecule has 10 heteroatoms. The van der Waals surface area contributed by atoms with E-state index in [1.165, 1.54) is 34.3 Å². The number of aromatic nitrogens is 5. The molecule has 2 atom stereocenters. The summed E-state index contributed by atoms with van der Waals surface area (Å²) < 4.78 is 36.7. The van der Waals surface area contributed by atoms with Crippen molar-refractivity contribution in [3.05, 3.63) is 89.7 Å². The Labute approximate surface area is 181 Å². The Kier molecular flexibility index (Phi) is 5.71. The predicted molar refractivity (Wildman–Crippen MR) is 109 cm³/mol. The van der Waals surface area contributed by atoms with Crippen molar-refractivity contribution < 1.29 is 18.6 Å². The summed E-state index contributed by atoms with van der Waals surface area (Å²) in [7, 11) is 0. The lowest BCUT2D eigenvalue weighted by atomic mass is 9.86. The van der Waals surface area contributed by atoms with Gasteiger partial charge in [-0.05, 0) is 37.3 Å². The Morgan fingerprint density at radius 2 is 1.90 bits per heavy atom. The van der Waals surface area contributed by atoms with E-state index in [-0.39, 0.29) is 12.1 Å². The third kappa shape index (κ3) is 4.42. The first-order valence-corrected chi connectivity index (χ1v) is 9.71. The number of hydrogen-bond acceptors (Lipinski definition) is 5. The minimum atomic E-state index is -1.82. The lowest BCUT2D eigenvalue weighted by Gasteiger charge is -2.34. The standard InChI is InChI=1S/C21H18ClF2N5O2/c1-14(29-10-18(9-26-29)31-17-5-2-15(22)3-6-17)21(30,11-28-13-25-12-27-28)19-7-4-16(23)8-20(19)24/h2-10,12-14,30H,11H2,1H3/t14-,21-/m1/s1. The third-order valence-corrected chi connectivity index (χ3v) is 5.23. The molecule has 0 saturated heterocycles. The van der Waals surface area contributed by atoms with Crippen LogP contribution in [0, 0.1) is 11.6 Å². The van der Waals surface area contributed by atoms with E-state index >= 15 is 0 Å². The van der Waals surface area contributed by atoms with Crippen LogP contribution in [-0.4, -0.2) is 29.7 Å². The number of aliphatic hydroxyl groups is 1. The van der Waals surface area contributed by atoms with Gasteiger partial charge in [0.15, 0.2) is 5.75 Å². The summed E-state index contributed by atoms with van der Waals surface area (Å²) in [5.41, 5.74) is -1.91. The monoisotopic (exact) mass is 445 g/mol. The Balaban J connectivity index is 1.66. The van der Waals surface area contributed by atoms with Gasteiger partial charge in [0.25, 0.3) is 0 Å². The van der Waals surface area contributed by atoms with Crippen LogP contribution in [0.25, 0.3) is 0 Å². The highest BCUT2D eigenvalue weighted by Gasteiger charge is 2.40. The lowest BCUT2D eigenvalue weighted by Crippen LogP contribution is -2.40. The van der Waals surface area contributed by atoms with Crippen molar-refractivity contribution in [3.8, 4) is 11.5 Å². The minimum absolute atomic E-state index is 0.0902. The fourth-order valence-corrected chi connectivity index (χ4v) is 3.41. The van der Waals surface area contributed by atoms with Crippen LogP contribution in [0.2, 0.25) is 5.02 Å². The van der Waals surface area contributed by atoms with E-state index in [9.17, 15) is 13.9 Å². The van der Waals surface area contributed by atoms with Gasteiger partial charge in [0.2, 0.25) is 0 Å². The van der Waals surface area contributed by atoms with Gasteiger partial charge >= 0.3 is 0 Å². The summed E-state index contributed by atoms with van der Waals surface area (Å²) >= 11 is 5.88. The molecule has 160 valence electrons. The Morgan fingerprint density at radius 1 is 1.13 bits per heavy atom. The molecule has 0 fully saturated rings. The first kappa shape index (κ1) is 21.0. The molecule has 0 bridgehead atoms. The van der Waals surface area contributed by atoms with E-state index in [0.717, 1.165) is 12.1 Å². The van der Waals surface area contributed by atoms with Crippen LogP contribution in [-0.2, 0) is 12.1 Å². The molecular weight excluding hydrogens is 428 g/mol. The molecular formula is C21H18ClF2N5O2. The number of nitrogens with zero attached hydrogens (tertiary/aromatic N) is 5. The van der Waals surface area contributed by atoms with Crippen LogP contribution in [0.5, 0.6) is 11.5 Å². The number of ether oxygens (including phenoxy) is 1. The molecule has 2 aromatic carbocycles. The van der Waals surface area contributed by atoms with Crippen molar-refractivity contribution in [2.24, 2.45) is 0 Å². The zero-order valence-electron chi connectivity index (χ0n) is 16.4. The van der Waals surface area contributed by atoms with Crippen LogP contribution >= 0.6 is 11.6 Å². The zero-order valence-corrected chi connectivity index (χ0v) is 17.1. The van der Waals surface area contributed by atoms with Crippen LogP contribution in [0.4, 0.5) is 8.78 Å². The normalized spacial score (nSPS) is 14.2. The number of halogens is 3. The molecule has 4 rings (SSSR count). The Morgan fingerprint density at radius 3 is 2.58 bits per heavy atom. The highest BCUT2D eigenvalue weighted by molar-refractivity contribution is 6.30. The van der Waals surface area contributed by atoms with E-state index in [2.05, 4.69) is 15.2 Å². The minimum Gasteiger partial charge on any atom is -0.454 e. The van der Waals surface area contributed by atoms with Crippen LogP contribution in [0.3, 0.4) is 0 Å². The van der Waals surface area contributed by atoms with Gasteiger partial charge in [-0.25, -0.2) is 18.4 Å². The number of rotatable bonds is 7. The molecule has 7 nitrogen and oxygen atoms in total. The quantitative estimate of drug-likeness (QED) is 0.457. The van der Waals surface area contributed by atoms with Gasteiger partial charge in [-0.2, -0.15) is 10.2 Å². The van der Waals surface area contributed by atoms with E-state index in [1.54, 1.807) is 37.4 Å². The molecule has 0 radical (unpaired) electrons. The van der Waals surface area contributed by atoms with Crippen molar-refractivity contribution in [1.29, 1.82) is 0 Å². The molecule has 0 saturated carbocycles. The molecule has 0 aliphatic carbocycles. The van der Waals surface area contributed by atoms with Crippen molar-refractivity contribution in [3.63, 3.8) is 0 Å². The summed E-state index contributed by atoms with van der Waals surface area (Å²) in [4.78, 5) is 3.86. The predicted octanol–water partition coefficient (Wildman–Crippen LogP) is 4.35. The van der Waals surface area contributed by atoms with Crippen molar-refractivity contribution in [2.75, 3.05) is 0 Å². The molecule has 2 heterocycles. The van der Waals surface area contributed by atoms with E-state index in [4.69, 9.17) is 16.3 Å². The largest absolute Gasteiger partial charge is 0.454 e. The van der Waals surface area contributed by atoms with E-state index < -0.39 is 23.3 Å². The summed E-state index contributed by atoms with van der Waals surface area (Å²) in [6.07, 6.45) is 5.75. The smallest absolute Gasteiger partial charge is 0.165 e. The summed E-state index contributed by atoms with van der Waals surface area (Å²) in [6, 6.07) is 9.06. The second-order valence-corrected chi connectivity index (χ2v) is 7.47. The SMILES string of the molecule is C[C@@H](n1cc(Oc2ccc(Cl)cc2)cn1)[C@](O)(Cn1cncn1)c1ccc(F)cc1F. The highest BCUT2D eigenvalue weighted by atomic mass is 35.5. The Bertz CT molecular complexity index is 1170. The average Bonchev–Trinajstić information content (AvgIpc) is 3.41. The van der Waals surface area contributed by atoms with Gasteiger partial charge in [0.1, 0.15) is 35.6 Å². The number of benzene rings is 2. The molecule has 4 aromatic rings.